The molecule has 0 amide bonds. The van der Waals surface area contributed by atoms with Crippen molar-refractivity contribution in [3.63, 3.8) is 0 Å². The number of anilines is 1. The van der Waals surface area contributed by atoms with Crippen LogP contribution < -0.4 is 11.1 Å². The van der Waals surface area contributed by atoms with Crippen molar-refractivity contribution in [2.75, 3.05) is 5.32 Å². The highest BCUT2D eigenvalue weighted by atomic mass is 32.1. The van der Waals surface area contributed by atoms with Gasteiger partial charge in [-0.25, -0.2) is 9.98 Å². The van der Waals surface area contributed by atoms with Crippen molar-refractivity contribution >= 4 is 32.6 Å². The SMILES string of the molecule is C=C(C)/N=C(/N)Nc1nc2ccccc2s1. The Labute approximate surface area is 97.5 Å². The molecule has 0 aliphatic heterocycles. The maximum atomic E-state index is 5.67. The van der Waals surface area contributed by atoms with Gasteiger partial charge in [0.25, 0.3) is 0 Å². The smallest absolute Gasteiger partial charge is 0.199 e. The van der Waals surface area contributed by atoms with E-state index in [0.717, 1.165) is 15.3 Å². The summed E-state index contributed by atoms with van der Waals surface area (Å²) in [4.78, 5) is 8.38. The van der Waals surface area contributed by atoms with E-state index in [9.17, 15) is 0 Å². The molecule has 16 heavy (non-hydrogen) atoms. The molecule has 2 rings (SSSR count). The van der Waals surface area contributed by atoms with E-state index in [1.54, 1.807) is 6.92 Å². The van der Waals surface area contributed by atoms with Crippen LogP contribution in [0, 0.1) is 0 Å². The first-order valence-corrected chi connectivity index (χ1v) is 5.59. The van der Waals surface area contributed by atoms with Gasteiger partial charge in [0.2, 0.25) is 0 Å². The first-order chi connectivity index (χ1) is 7.65. The Hall–Kier alpha value is -1.88. The standard InChI is InChI=1S/C11H12N4S/c1-7(2)13-10(12)15-11-14-8-5-3-4-6-9(8)16-11/h3-6H,1H2,2H3,(H3,12,13,14,15). The lowest BCUT2D eigenvalue weighted by molar-refractivity contribution is 1.29. The second-order valence-corrected chi connectivity index (χ2v) is 4.37. The number of para-hydroxylation sites is 1. The molecule has 1 heterocycles. The van der Waals surface area contributed by atoms with Gasteiger partial charge in [0.05, 0.1) is 10.2 Å². The number of nitrogens with zero attached hydrogens (tertiary/aromatic N) is 2. The molecule has 1 aromatic heterocycles. The van der Waals surface area contributed by atoms with Crippen LogP contribution in [0.1, 0.15) is 6.92 Å². The molecule has 5 heteroatoms. The second-order valence-electron chi connectivity index (χ2n) is 3.34. The van der Waals surface area contributed by atoms with E-state index in [-0.39, 0.29) is 0 Å². The summed E-state index contributed by atoms with van der Waals surface area (Å²) in [6.45, 7) is 5.44. The Morgan fingerprint density at radius 3 is 2.94 bits per heavy atom. The molecule has 0 spiro atoms. The molecule has 0 aliphatic rings. The van der Waals surface area contributed by atoms with E-state index in [1.165, 1.54) is 11.3 Å². The predicted octanol–water partition coefficient (Wildman–Crippen LogP) is 2.56. The molecule has 2 aromatic rings. The third-order valence-corrected chi connectivity index (χ3v) is 2.79. The fraction of sp³-hybridized carbons (Fsp3) is 0.0909. The highest BCUT2D eigenvalue weighted by Crippen LogP contribution is 2.24. The minimum absolute atomic E-state index is 0.312. The van der Waals surface area contributed by atoms with E-state index >= 15 is 0 Å². The molecule has 4 nitrogen and oxygen atoms in total. The van der Waals surface area contributed by atoms with Gasteiger partial charge < -0.3 is 11.1 Å². The minimum Gasteiger partial charge on any atom is -0.369 e. The van der Waals surface area contributed by atoms with Crippen LogP contribution >= 0.6 is 11.3 Å². The molecule has 0 atom stereocenters. The molecular formula is C11H12N4S. The van der Waals surface area contributed by atoms with Crippen LogP contribution in [0.5, 0.6) is 0 Å². The van der Waals surface area contributed by atoms with Gasteiger partial charge in [-0.15, -0.1) is 0 Å². The maximum absolute atomic E-state index is 5.67. The molecule has 0 radical (unpaired) electrons. The molecular weight excluding hydrogens is 220 g/mol. The van der Waals surface area contributed by atoms with Gasteiger partial charge in [-0.05, 0) is 19.1 Å². The lowest BCUT2D eigenvalue weighted by Gasteiger charge is -1.99. The number of rotatable bonds is 2. The number of thiazole rings is 1. The zero-order chi connectivity index (χ0) is 11.5. The third-order valence-electron chi connectivity index (χ3n) is 1.84. The van der Waals surface area contributed by atoms with Gasteiger partial charge in [-0.1, -0.05) is 30.0 Å². The second kappa shape index (κ2) is 4.32. The number of allylic oxidation sites excluding steroid dienone is 1. The van der Waals surface area contributed by atoms with E-state index in [1.807, 2.05) is 24.3 Å². The zero-order valence-electron chi connectivity index (χ0n) is 8.90. The van der Waals surface area contributed by atoms with Crippen LogP contribution in [0.15, 0.2) is 41.5 Å². The normalized spacial score (nSPS) is 11.7. The van der Waals surface area contributed by atoms with Gasteiger partial charge in [0, 0.05) is 5.70 Å². The number of aliphatic imine (C=N–C) groups is 1. The van der Waals surface area contributed by atoms with Crippen LogP contribution in [0.2, 0.25) is 0 Å². The predicted molar refractivity (Wildman–Crippen MR) is 69.7 cm³/mol. The van der Waals surface area contributed by atoms with Crippen molar-refractivity contribution in [3.8, 4) is 0 Å². The quantitative estimate of drug-likeness (QED) is 0.618. The molecule has 1 aromatic carbocycles. The van der Waals surface area contributed by atoms with E-state index in [2.05, 4.69) is 21.9 Å². The molecule has 0 saturated carbocycles. The topological polar surface area (TPSA) is 63.3 Å². The Morgan fingerprint density at radius 2 is 2.25 bits per heavy atom. The van der Waals surface area contributed by atoms with Gasteiger partial charge in [0.15, 0.2) is 11.1 Å². The van der Waals surface area contributed by atoms with Gasteiger partial charge in [-0.2, -0.15) is 0 Å². The number of hydrogen-bond acceptors (Lipinski definition) is 3. The summed E-state index contributed by atoms with van der Waals surface area (Å²) in [5.74, 6) is 0.312. The summed E-state index contributed by atoms with van der Waals surface area (Å²) >= 11 is 1.54. The summed E-state index contributed by atoms with van der Waals surface area (Å²) in [7, 11) is 0. The van der Waals surface area contributed by atoms with Gasteiger partial charge in [0.1, 0.15) is 0 Å². The highest BCUT2D eigenvalue weighted by Gasteiger charge is 2.03. The van der Waals surface area contributed by atoms with Crippen molar-refractivity contribution in [3.05, 3.63) is 36.5 Å². The number of hydrogen-bond donors (Lipinski definition) is 2. The number of nitrogens with one attached hydrogen (secondary N) is 1. The van der Waals surface area contributed by atoms with Crippen molar-refractivity contribution in [2.24, 2.45) is 10.7 Å². The van der Waals surface area contributed by atoms with Crippen LogP contribution in [-0.2, 0) is 0 Å². The number of fused-ring (bicyclic) bond motifs is 1. The molecule has 0 bridgehead atoms. The molecule has 0 aliphatic carbocycles. The summed E-state index contributed by atoms with van der Waals surface area (Å²) < 4.78 is 1.12. The Balaban J connectivity index is 2.25. The highest BCUT2D eigenvalue weighted by molar-refractivity contribution is 7.22. The van der Waals surface area contributed by atoms with E-state index < -0.39 is 0 Å². The fourth-order valence-corrected chi connectivity index (χ4v) is 2.14. The number of guanidine groups is 1. The van der Waals surface area contributed by atoms with Crippen LogP contribution in [0.25, 0.3) is 10.2 Å². The van der Waals surface area contributed by atoms with Crippen molar-refractivity contribution in [2.45, 2.75) is 6.92 Å². The number of nitrogens with two attached hydrogens (primary N) is 1. The summed E-state index contributed by atoms with van der Waals surface area (Å²) in [5.41, 5.74) is 7.29. The zero-order valence-corrected chi connectivity index (χ0v) is 9.71. The van der Waals surface area contributed by atoms with Crippen LogP contribution in [0.4, 0.5) is 5.13 Å². The lowest BCUT2D eigenvalue weighted by atomic mass is 10.3. The number of benzene rings is 1. The average molecular weight is 232 g/mol. The Morgan fingerprint density at radius 1 is 1.50 bits per heavy atom. The van der Waals surface area contributed by atoms with Crippen LogP contribution in [0.3, 0.4) is 0 Å². The maximum Gasteiger partial charge on any atom is 0.199 e. The molecule has 82 valence electrons. The summed E-state index contributed by atoms with van der Waals surface area (Å²) in [6.07, 6.45) is 0. The van der Waals surface area contributed by atoms with Crippen LogP contribution in [-0.4, -0.2) is 10.9 Å². The fourth-order valence-electron chi connectivity index (χ4n) is 1.27. The van der Waals surface area contributed by atoms with Gasteiger partial charge >= 0.3 is 0 Å². The monoisotopic (exact) mass is 232 g/mol. The minimum atomic E-state index is 0.312. The lowest BCUT2D eigenvalue weighted by Crippen LogP contribution is -2.22. The molecule has 0 unspecified atom stereocenters. The summed E-state index contributed by atoms with van der Waals surface area (Å²) in [5, 5.41) is 3.68. The molecule has 0 fully saturated rings. The first kappa shape index (κ1) is 10.6. The summed E-state index contributed by atoms with van der Waals surface area (Å²) in [6, 6.07) is 7.92. The average Bonchev–Trinajstić information content (AvgIpc) is 2.57. The third kappa shape index (κ3) is 2.38. The number of aromatic nitrogens is 1. The van der Waals surface area contributed by atoms with E-state index in [4.69, 9.17) is 5.73 Å². The largest absolute Gasteiger partial charge is 0.369 e. The van der Waals surface area contributed by atoms with Gasteiger partial charge in [-0.3, -0.25) is 0 Å². The molecule has 3 N–H and O–H groups in total. The first-order valence-electron chi connectivity index (χ1n) is 4.77. The Bertz CT molecular complexity index is 523. The Kier molecular flexibility index (Phi) is 2.87. The van der Waals surface area contributed by atoms with Crippen molar-refractivity contribution in [1.29, 1.82) is 0 Å². The molecule has 0 saturated heterocycles. The van der Waals surface area contributed by atoms with Crippen molar-refractivity contribution in [1.82, 2.24) is 4.98 Å². The van der Waals surface area contributed by atoms with E-state index in [0.29, 0.717) is 11.7 Å². The van der Waals surface area contributed by atoms with Crippen molar-refractivity contribution < 1.29 is 0 Å².